The number of benzene rings is 3. The van der Waals surface area contributed by atoms with Gasteiger partial charge in [0.1, 0.15) is 17.1 Å². The Labute approximate surface area is 178 Å². The number of halogens is 1. The molecule has 4 aromatic rings. The number of ether oxygens (including phenoxy) is 1. The second-order valence-corrected chi connectivity index (χ2v) is 7.39. The molecular weight excluding hydrogens is 398 g/mol. The third-order valence-corrected chi connectivity index (χ3v) is 5.56. The molecule has 0 fully saturated rings. The van der Waals surface area contributed by atoms with Gasteiger partial charge in [0.15, 0.2) is 0 Å². The molecule has 0 unspecified atom stereocenters. The van der Waals surface area contributed by atoms with E-state index in [-0.39, 0.29) is 5.91 Å². The summed E-state index contributed by atoms with van der Waals surface area (Å²) in [5, 5.41) is 4.71. The molecule has 1 atom stereocenters. The summed E-state index contributed by atoms with van der Waals surface area (Å²) in [6, 6.07) is 24.6. The molecule has 148 valence electrons. The predicted molar refractivity (Wildman–Crippen MR) is 119 cm³/mol. The van der Waals surface area contributed by atoms with Crippen molar-refractivity contribution in [2.24, 2.45) is 0 Å². The maximum atomic E-state index is 13.5. The van der Waals surface area contributed by atoms with Gasteiger partial charge in [0, 0.05) is 22.3 Å². The first-order valence-corrected chi connectivity index (χ1v) is 9.92. The van der Waals surface area contributed by atoms with Crippen molar-refractivity contribution >= 4 is 39.8 Å². The number of anilines is 2. The number of aromatic nitrogens is 1. The van der Waals surface area contributed by atoms with Crippen LogP contribution in [0.15, 0.2) is 78.9 Å². The van der Waals surface area contributed by atoms with Crippen LogP contribution in [0.3, 0.4) is 0 Å². The van der Waals surface area contributed by atoms with Crippen molar-refractivity contribution in [1.29, 1.82) is 0 Å². The zero-order valence-corrected chi connectivity index (χ0v) is 16.9. The van der Waals surface area contributed by atoms with Crippen LogP contribution >= 0.6 is 11.6 Å². The minimum atomic E-state index is -0.509. The molecule has 5 nitrogen and oxygen atoms in total. The van der Waals surface area contributed by atoms with Crippen molar-refractivity contribution in [3.05, 3.63) is 95.1 Å². The van der Waals surface area contributed by atoms with E-state index in [1.165, 1.54) is 0 Å². The molecule has 1 aromatic heterocycles. The number of nitrogens with zero attached hydrogens (tertiary/aromatic N) is 2. The molecular formula is C24H18ClN3O2. The fraction of sp³-hybridized carbons (Fsp3) is 0.0833. The number of pyridine rings is 1. The van der Waals surface area contributed by atoms with Gasteiger partial charge in [-0.3, -0.25) is 9.69 Å². The number of methoxy groups -OCH3 is 1. The SMILES string of the molecule is COc1ccc2nc(Cl)c([C@@H]3Nc4ccccc4C(=O)N3c3ccccc3)cc2c1. The summed E-state index contributed by atoms with van der Waals surface area (Å²) >= 11 is 6.62. The quantitative estimate of drug-likeness (QED) is 0.438. The zero-order valence-electron chi connectivity index (χ0n) is 16.2. The van der Waals surface area contributed by atoms with Crippen LogP contribution in [0.5, 0.6) is 5.75 Å². The van der Waals surface area contributed by atoms with E-state index in [4.69, 9.17) is 16.3 Å². The molecule has 3 aromatic carbocycles. The van der Waals surface area contributed by atoms with E-state index in [0.717, 1.165) is 28.0 Å². The first-order valence-electron chi connectivity index (χ1n) is 9.54. The Bertz CT molecular complexity index is 1260. The van der Waals surface area contributed by atoms with E-state index in [0.29, 0.717) is 16.3 Å². The predicted octanol–water partition coefficient (Wildman–Crippen LogP) is 5.67. The molecule has 0 saturated carbocycles. The first kappa shape index (κ1) is 18.5. The standard InChI is InChI=1S/C24H18ClN3O2/c1-30-17-11-12-20-15(13-17)14-19(22(25)26-20)23-27-21-10-6-5-9-18(21)24(29)28(23)16-7-3-2-4-8-16/h2-14,23,27H,1H3/t23-/m1/s1. The molecule has 1 aliphatic heterocycles. The molecule has 0 spiro atoms. The van der Waals surface area contributed by atoms with E-state index >= 15 is 0 Å². The normalized spacial score (nSPS) is 15.6. The number of hydrogen-bond acceptors (Lipinski definition) is 4. The van der Waals surface area contributed by atoms with Gasteiger partial charge in [-0.25, -0.2) is 4.98 Å². The first-order chi connectivity index (χ1) is 14.7. The average Bonchev–Trinajstić information content (AvgIpc) is 2.79. The van der Waals surface area contributed by atoms with Crippen molar-refractivity contribution in [2.75, 3.05) is 17.3 Å². The second kappa shape index (κ2) is 7.35. The van der Waals surface area contributed by atoms with Crippen molar-refractivity contribution in [3.8, 4) is 5.75 Å². The lowest BCUT2D eigenvalue weighted by atomic mass is 10.0. The molecule has 0 saturated heterocycles. The minimum Gasteiger partial charge on any atom is -0.497 e. The van der Waals surface area contributed by atoms with Gasteiger partial charge in [0.2, 0.25) is 0 Å². The molecule has 6 heteroatoms. The fourth-order valence-electron chi connectivity index (χ4n) is 3.79. The Morgan fingerprint density at radius 2 is 1.77 bits per heavy atom. The van der Waals surface area contributed by atoms with Gasteiger partial charge in [-0.1, -0.05) is 41.9 Å². The molecule has 5 rings (SSSR count). The highest BCUT2D eigenvalue weighted by molar-refractivity contribution is 6.31. The molecule has 0 aliphatic carbocycles. The number of hydrogen-bond donors (Lipinski definition) is 1. The van der Waals surface area contributed by atoms with Crippen molar-refractivity contribution in [2.45, 2.75) is 6.17 Å². The molecule has 1 aliphatic rings. The fourth-order valence-corrected chi connectivity index (χ4v) is 4.04. The van der Waals surface area contributed by atoms with E-state index in [9.17, 15) is 4.79 Å². The second-order valence-electron chi connectivity index (χ2n) is 7.03. The van der Waals surface area contributed by atoms with Crippen LogP contribution in [-0.4, -0.2) is 18.0 Å². The van der Waals surface area contributed by atoms with Gasteiger partial charge < -0.3 is 10.1 Å². The lowest BCUT2D eigenvalue weighted by molar-refractivity contribution is 0.0975. The lowest BCUT2D eigenvalue weighted by Crippen LogP contribution is -2.43. The Hall–Kier alpha value is -3.57. The summed E-state index contributed by atoms with van der Waals surface area (Å²) in [6.07, 6.45) is -0.509. The zero-order chi connectivity index (χ0) is 20.7. The number of fused-ring (bicyclic) bond motifs is 2. The summed E-state index contributed by atoms with van der Waals surface area (Å²) in [4.78, 5) is 19.8. The van der Waals surface area contributed by atoms with Gasteiger partial charge in [0.05, 0.1) is 18.2 Å². The van der Waals surface area contributed by atoms with Gasteiger partial charge in [-0.15, -0.1) is 0 Å². The van der Waals surface area contributed by atoms with Crippen molar-refractivity contribution in [3.63, 3.8) is 0 Å². The molecule has 0 radical (unpaired) electrons. The number of para-hydroxylation sites is 2. The van der Waals surface area contributed by atoms with Crippen LogP contribution in [-0.2, 0) is 0 Å². The van der Waals surface area contributed by atoms with Gasteiger partial charge in [-0.2, -0.15) is 0 Å². The monoisotopic (exact) mass is 415 g/mol. The Kier molecular flexibility index (Phi) is 4.52. The highest BCUT2D eigenvalue weighted by Gasteiger charge is 2.35. The highest BCUT2D eigenvalue weighted by Crippen LogP contribution is 2.39. The molecule has 1 N–H and O–H groups in total. The number of amides is 1. The number of carbonyl (C=O) groups is 1. The minimum absolute atomic E-state index is 0.0950. The van der Waals surface area contributed by atoms with Crippen LogP contribution in [0.25, 0.3) is 10.9 Å². The highest BCUT2D eigenvalue weighted by atomic mass is 35.5. The van der Waals surface area contributed by atoms with Gasteiger partial charge in [-0.05, 0) is 48.5 Å². The lowest BCUT2D eigenvalue weighted by Gasteiger charge is -2.38. The Morgan fingerprint density at radius 1 is 1.00 bits per heavy atom. The number of nitrogens with one attached hydrogen (secondary N) is 1. The molecule has 1 amide bonds. The largest absolute Gasteiger partial charge is 0.497 e. The third-order valence-electron chi connectivity index (χ3n) is 5.26. The topological polar surface area (TPSA) is 54.5 Å². The van der Waals surface area contributed by atoms with E-state index < -0.39 is 6.17 Å². The Balaban J connectivity index is 1.71. The van der Waals surface area contributed by atoms with Crippen molar-refractivity contribution < 1.29 is 9.53 Å². The van der Waals surface area contributed by atoms with Crippen LogP contribution in [0.1, 0.15) is 22.1 Å². The summed E-state index contributed by atoms with van der Waals surface area (Å²) in [6.45, 7) is 0. The molecule has 0 bridgehead atoms. The van der Waals surface area contributed by atoms with Crippen LogP contribution < -0.4 is 15.0 Å². The van der Waals surface area contributed by atoms with Crippen LogP contribution in [0, 0.1) is 0 Å². The number of rotatable bonds is 3. The third kappa shape index (κ3) is 3.04. The summed E-state index contributed by atoms with van der Waals surface area (Å²) < 4.78 is 5.35. The van der Waals surface area contributed by atoms with Crippen molar-refractivity contribution in [1.82, 2.24) is 4.98 Å². The average molecular weight is 416 g/mol. The van der Waals surface area contributed by atoms with E-state index in [2.05, 4.69) is 10.3 Å². The molecule has 2 heterocycles. The Morgan fingerprint density at radius 3 is 2.57 bits per heavy atom. The van der Waals surface area contributed by atoms with Crippen LogP contribution in [0.4, 0.5) is 11.4 Å². The summed E-state index contributed by atoms with van der Waals surface area (Å²) in [5.41, 5.74) is 3.63. The summed E-state index contributed by atoms with van der Waals surface area (Å²) in [5.74, 6) is 0.637. The van der Waals surface area contributed by atoms with Gasteiger partial charge in [0.25, 0.3) is 5.91 Å². The maximum absolute atomic E-state index is 13.5. The van der Waals surface area contributed by atoms with E-state index in [1.54, 1.807) is 12.0 Å². The van der Waals surface area contributed by atoms with E-state index in [1.807, 2.05) is 78.9 Å². The molecule has 30 heavy (non-hydrogen) atoms. The smallest absolute Gasteiger partial charge is 0.262 e. The maximum Gasteiger partial charge on any atom is 0.262 e. The number of carbonyl (C=O) groups excluding carboxylic acids is 1. The summed E-state index contributed by atoms with van der Waals surface area (Å²) in [7, 11) is 1.63. The van der Waals surface area contributed by atoms with Gasteiger partial charge >= 0.3 is 0 Å². The van der Waals surface area contributed by atoms with Crippen LogP contribution in [0.2, 0.25) is 5.15 Å².